The van der Waals surface area contributed by atoms with Gasteiger partial charge in [0.15, 0.2) is 0 Å². The van der Waals surface area contributed by atoms with Gasteiger partial charge in [-0.15, -0.1) is 0 Å². The molecule has 0 unspecified atom stereocenters. The molecular formula is C22H23FN2O. The zero-order chi connectivity index (χ0) is 18.8. The third-order valence-corrected chi connectivity index (χ3v) is 4.86. The third-order valence-electron chi connectivity index (χ3n) is 4.86. The Bertz CT molecular complexity index is 972. The molecule has 3 nitrogen and oxygen atoms in total. The highest BCUT2D eigenvalue weighted by Crippen LogP contribution is 2.24. The number of hydrogen-bond donors (Lipinski definition) is 1. The number of carbonyl (C=O) groups excluding carboxylic acids is 1. The van der Waals surface area contributed by atoms with Crippen LogP contribution in [0.1, 0.15) is 38.4 Å². The lowest BCUT2D eigenvalue weighted by molar-refractivity contribution is 0.101. The second kappa shape index (κ2) is 7.16. The minimum atomic E-state index is -0.373. The van der Waals surface area contributed by atoms with Gasteiger partial charge in [-0.1, -0.05) is 35.9 Å². The van der Waals surface area contributed by atoms with E-state index in [1.165, 1.54) is 17.7 Å². The Morgan fingerprint density at radius 1 is 1.00 bits per heavy atom. The predicted octanol–water partition coefficient (Wildman–Crippen LogP) is 5.16. The van der Waals surface area contributed by atoms with Crippen LogP contribution >= 0.6 is 0 Å². The minimum absolute atomic E-state index is 0.225. The summed E-state index contributed by atoms with van der Waals surface area (Å²) in [5.74, 6) is -0.598. The van der Waals surface area contributed by atoms with E-state index in [9.17, 15) is 9.18 Å². The summed E-state index contributed by atoms with van der Waals surface area (Å²) < 4.78 is 15.5. The number of benzene rings is 2. The summed E-state index contributed by atoms with van der Waals surface area (Å²) in [5.41, 5.74) is 6.51. The summed E-state index contributed by atoms with van der Waals surface area (Å²) in [4.78, 5) is 12.9. The first-order valence-corrected chi connectivity index (χ1v) is 8.65. The molecule has 0 aliphatic carbocycles. The van der Waals surface area contributed by atoms with Gasteiger partial charge in [0.2, 0.25) is 0 Å². The summed E-state index contributed by atoms with van der Waals surface area (Å²) in [6.07, 6.45) is 0. The molecule has 0 fully saturated rings. The molecule has 1 N–H and O–H groups in total. The maximum absolute atomic E-state index is 13.4. The van der Waals surface area contributed by atoms with Crippen molar-refractivity contribution >= 4 is 11.6 Å². The van der Waals surface area contributed by atoms with E-state index in [2.05, 4.69) is 30.4 Å². The average molecular weight is 350 g/mol. The van der Waals surface area contributed by atoms with Gasteiger partial charge < -0.3 is 9.88 Å². The SMILES string of the molecule is Cc1cccc(Cn2c(C)c(C)c(C)c2C(=O)Nc2cccc(F)c2)c1. The molecule has 1 heterocycles. The van der Waals surface area contributed by atoms with Crippen LogP contribution in [0.15, 0.2) is 48.5 Å². The number of aryl methyl sites for hydroxylation is 1. The number of nitrogens with zero attached hydrogens (tertiary/aromatic N) is 1. The molecule has 4 heteroatoms. The summed E-state index contributed by atoms with van der Waals surface area (Å²) in [6.45, 7) is 8.68. The number of anilines is 1. The van der Waals surface area contributed by atoms with Gasteiger partial charge >= 0.3 is 0 Å². The monoisotopic (exact) mass is 350 g/mol. The van der Waals surface area contributed by atoms with Crippen LogP contribution in [0.4, 0.5) is 10.1 Å². The van der Waals surface area contributed by atoms with E-state index < -0.39 is 0 Å². The molecule has 3 aromatic rings. The van der Waals surface area contributed by atoms with Crippen molar-refractivity contribution in [2.45, 2.75) is 34.2 Å². The largest absolute Gasteiger partial charge is 0.336 e. The summed E-state index contributed by atoms with van der Waals surface area (Å²) in [6, 6.07) is 14.2. The number of amides is 1. The Labute approximate surface area is 153 Å². The highest BCUT2D eigenvalue weighted by atomic mass is 19.1. The van der Waals surface area contributed by atoms with E-state index in [-0.39, 0.29) is 11.7 Å². The van der Waals surface area contributed by atoms with Crippen molar-refractivity contribution in [3.05, 3.63) is 88.0 Å². The normalized spacial score (nSPS) is 10.8. The molecule has 0 saturated carbocycles. The molecule has 2 aromatic carbocycles. The quantitative estimate of drug-likeness (QED) is 0.693. The molecular weight excluding hydrogens is 327 g/mol. The number of rotatable bonds is 4. The minimum Gasteiger partial charge on any atom is -0.336 e. The molecule has 134 valence electrons. The first-order valence-electron chi connectivity index (χ1n) is 8.65. The van der Waals surface area contributed by atoms with Crippen LogP contribution in [0.25, 0.3) is 0 Å². The van der Waals surface area contributed by atoms with Crippen LogP contribution in [-0.2, 0) is 6.54 Å². The molecule has 0 radical (unpaired) electrons. The Balaban J connectivity index is 1.98. The number of halogens is 1. The van der Waals surface area contributed by atoms with Gasteiger partial charge in [-0.2, -0.15) is 0 Å². The van der Waals surface area contributed by atoms with Crippen LogP contribution in [0, 0.1) is 33.5 Å². The van der Waals surface area contributed by atoms with Gasteiger partial charge in [-0.05, 0) is 62.6 Å². The molecule has 0 bridgehead atoms. The number of aromatic nitrogens is 1. The van der Waals surface area contributed by atoms with Crippen molar-refractivity contribution < 1.29 is 9.18 Å². The zero-order valence-electron chi connectivity index (χ0n) is 15.6. The highest BCUT2D eigenvalue weighted by molar-refractivity contribution is 6.04. The highest BCUT2D eigenvalue weighted by Gasteiger charge is 2.21. The lowest BCUT2D eigenvalue weighted by Gasteiger charge is -2.13. The van der Waals surface area contributed by atoms with Crippen molar-refractivity contribution in [1.29, 1.82) is 0 Å². The zero-order valence-corrected chi connectivity index (χ0v) is 15.6. The Morgan fingerprint density at radius 2 is 1.73 bits per heavy atom. The van der Waals surface area contributed by atoms with Crippen molar-refractivity contribution in [3.63, 3.8) is 0 Å². The summed E-state index contributed by atoms with van der Waals surface area (Å²) in [7, 11) is 0. The van der Waals surface area contributed by atoms with Crippen LogP contribution in [0.2, 0.25) is 0 Å². The van der Waals surface area contributed by atoms with Gasteiger partial charge in [-0.3, -0.25) is 4.79 Å². The topological polar surface area (TPSA) is 34.0 Å². The third kappa shape index (κ3) is 3.54. The average Bonchev–Trinajstić information content (AvgIpc) is 2.79. The Hall–Kier alpha value is -2.88. The second-order valence-corrected chi connectivity index (χ2v) is 6.72. The van der Waals surface area contributed by atoms with Crippen molar-refractivity contribution in [3.8, 4) is 0 Å². The van der Waals surface area contributed by atoms with Crippen molar-refractivity contribution in [1.82, 2.24) is 4.57 Å². The standard InChI is InChI=1S/C22H23FN2O/c1-14-7-5-8-18(11-14)13-25-17(4)15(2)16(3)21(25)22(26)24-20-10-6-9-19(23)12-20/h5-12H,13H2,1-4H3,(H,24,26). The maximum atomic E-state index is 13.4. The van der Waals surface area contributed by atoms with E-state index in [4.69, 9.17) is 0 Å². The smallest absolute Gasteiger partial charge is 0.272 e. The van der Waals surface area contributed by atoms with Crippen molar-refractivity contribution in [2.75, 3.05) is 5.32 Å². The lowest BCUT2D eigenvalue weighted by Crippen LogP contribution is -2.19. The van der Waals surface area contributed by atoms with E-state index in [0.29, 0.717) is 17.9 Å². The molecule has 0 aliphatic heterocycles. The molecule has 1 amide bonds. The molecule has 26 heavy (non-hydrogen) atoms. The molecule has 3 rings (SSSR count). The number of hydrogen-bond acceptors (Lipinski definition) is 1. The molecule has 0 saturated heterocycles. The molecule has 0 atom stereocenters. The number of carbonyl (C=O) groups is 1. The van der Waals surface area contributed by atoms with Gasteiger partial charge in [-0.25, -0.2) is 4.39 Å². The Morgan fingerprint density at radius 3 is 2.42 bits per heavy atom. The van der Waals surface area contributed by atoms with Crippen molar-refractivity contribution in [2.24, 2.45) is 0 Å². The van der Waals surface area contributed by atoms with Crippen LogP contribution in [0.3, 0.4) is 0 Å². The van der Waals surface area contributed by atoms with E-state index in [0.717, 1.165) is 22.4 Å². The van der Waals surface area contributed by atoms with Gasteiger partial charge in [0.25, 0.3) is 5.91 Å². The van der Waals surface area contributed by atoms with Crippen LogP contribution in [-0.4, -0.2) is 10.5 Å². The Kier molecular flexibility index (Phi) is 4.94. The van der Waals surface area contributed by atoms with Gasteiger partial charge in [0, 0.05) is 17.9 Å². The van der Waals surface area contributed by atoms with Crippen LogP contribution in [0.5, 0.6) is 0 Å². The predicted molar refractivity (Wildman–Crippen MR) is 103 cm³/mol. The molecule has 1 aromatic heterocycles. The maximum Gasteiger partial charge on any atom is 0.272 e. The first kappa shape index (κ1) is 17.9. The summed E-state index contributed by atoms with van der Waals surface area (Å²) >= 11 is 0. The summed E-state index contributed by atoms with van der Waals surface area (Å²) in [5, 5.41) is 2.82. The second-order valence-electron chi connectivity index (χ2n) is 6.72. The molecule has 0 aliphatic rings. The fourth-order valence-corrected chi connectivity index (χ4v) is 3.26. The fraction of sp³-hybridized carbons (Fsp3) is 0.227. The lowest BCUT2D eigenvalue weighted by atomic mass is 10.1. The fourth-order valence-electron chi connectivity index (χ4n) is 3.26. The van der Waals surface area contributed by atoms with Gasteiger partial charge in [0.1, 0.15) is 11.5 Å². The van der Waals surface area contributed by atoms with E-state index in [1.54, 1.807) is 12.1 Å². The molecule has 0 spiro atoms. The number of nitrogens with one attached hydrogen (secondary N) is 1. The van der Waals surface area contributed by atoms with E-state index >= 15 is 0 Å². The van der Waals surface area contributed by atoms with Gasteiger partial charge in [0.05, 0.1) is 0 Å². The first-order chi connectivity index (χ1) is 12.4. The van der Waals surface area contributed by atoms with E-state index in [1.807, 2.05) is 31.4 Å². The van der Waals surface area contributed by atoms with Crippen LogP contribution < -0.4 is 5.32 Å².